The van der Waals surface area contributed by atoms with E-state index < -0.39 is 23.5 Å². The maximum Gasteiger partial charge on any atom is 0.259 e. The van der Waals surface area contributed by atoms with Gasteiger partial charge in [-0.2, -0.15) is 5.10 Å². The summed E-state index contributed by atoms with van der Waals surface area (Å²) in [6, 6.07) is 16.3. The topological polar surface area (TPSA) is 72.2 Å². The van der Waals surface area contributed by atoms with Crippen molar-refractivity contribution in [3.63, 3.8) is 0 Å². The second-order valence-electron chi connectivity index (χ2n) is 8.42. The molecule has 2 aromatic carbocycles. The average molecular weight is 475 g/mol. The first-order chi connectivity index (χ1) is 17.0. The second kappa shape index (κ2) is 9.54. The van der Waals surface area contributed by atoms with Crippen LogP contribution in [0.3, 0.4) is 0 Å². The first-order valence-corrected chi connectivity index (χ1v) is 11.3. The van der Waals surface area contributed by atoms with Gasteiger partial charge in [-0.1, -0.05) is 18.2 Å². The summed E-state index contributed by atoms with van der Waals surface area (Å²) in [4.78, 5) is 28.1. The van der Waals surface area contributed by atoms with E-state index in [4.69, 9.17) is 0 Å². The molecule has 0 aliphatic carbocycles. The molecule has 5 rings (SSSR count). The third-order valence-corrected chi connectivity index (χ3v) is 6.09. The molecular weight excluding hydrogens is 452 g/mol. The number of aromatic nitrogens is 3. The SMILES string of the molecule is O=C(Nc1ccc(F)cc1F)C1CCCN(C(=O)c2cnn(-c3ccccc3)c2-n2cccc2)C1. The van der Waals surface area contributed by atoms with Crippen LogP contribution in [0.2, 0.25) is 0 Å². The molecule has 9 heteroatoms. The fourth-order valence-electron chi connectivity index (χ4n) is 4.35. The summed E-state index contributed by atoms with van der Waals surface area (Å²) < 4.78 is 30.7. The highest BCUT2D eigenvalue weighted by Crippen LogP contribution is 2.25. The zero-order chi connectivity index (χ0) is 24.4. The average Bonchev–Trinajstić information content (AvgIpc) is 3.56. The molecule has 1 aliphatic heterocycles. The summed E-state index contributed by atoms with van der Waals surface area (Å²) in [5.74, 6) is -2.11. The standard InChI is InChI=1S/C26H23F2N5O2/c27-19-10-11-23(22(28)15-19)30-24(34)18-7-6-14-32(17-18)26(35)21-16-29-33(20-8-2-1-3-9-20)25(21)31-12-4-5-13-31/h1-5,8-13,15-16,18H,6-7,14,17H2,(H,30,34). The monoisotopic (exact) mass is 475 g/mol. The van der Waals surface area contributed by atoms with Crippen molar-refractivity contribution in [2.45, 2.75) is 12.8 Å². The Morgan fingerprint density at radius 1 is 1.00 bits per heavy atom. The molecule has 0 spiro atoms. The number of rotatable bonds is 5. The normalized spacial score (nSPS) is 15.7. The van der Waals surface area contributed by atoms with Crippen LogP contribution in [0.15, 0.2) is 79.3 Å². The number of hydrogen-bond donors (Lipinski definition) is 1. The van der Waals surface area contributed by atoms with Crippen LogP contribution >= 0.6 is 0 Å². The predicted octanol–water partition coefficient (Wildman–Crippen LogP) is 4.43. The lowest BCUT2D eigenvalue weighted by atomic mass is 9.96. The van der Waals surface area contributed by atoms with Gasteiger partial charge >= 0.3 is 0 Å². The summed E-state index contributed by atoms with van der Waals surface area (Å²) in [6.07, 6.45) is 6.42. The molecule has 178 valence electrons. The maximum atomic E-state index is 14.0. The van der Waals surface area contributed by atoms with Crippen molar-refractivity contribution in [2.75, 3.05) is 18.4 Å². The Morgan fingerprint density at radius 3 is 2.51 bits per heavy atom. The van der Waals surface area contributed by atoms with Crippen molar-refractivity contribution in [2.24, 2.45) is 5.92 Å². The first kappa shape index (κ1) is 22.5. The van der Waals surface area contributed by atoms with Crippen LogP contribution in [0.25, 0.3) is 11.5 Å². The van der Waals surface area contributed by atoms with Crippen LogP contribution in [0.4, 0.5) is 14.5 Å². The molecule has 1 unspecified atom stereocenters. The van der Waals surface area contributed by atoms with E-state index in [2.05, 4.69) is 10.4 Å². The molecule has 0 radical (unpaired) electrons. The Morgan fingerprint density at radius 2 is 1.77 bits per heavy atom. The van der Waals surface area contributed by atoms with Gasteiger partial charge in [0.2, 0.25) is 5.91 Å². The lowest BCUT2D eigenvalue weighted by Gasteiger charge is -2.32. The van der Waals surface area contributed by atoms with Gasteiger partial charge < -0.3 is 14.8 Å². The van der Waals surface area contributed by atoms with E-state index in [1.807, 2.05) is 59.4 Å². The fraction of sp³-hybridized carbons (Fsp3) is 0.192. The molecule has 1 N–H and O–H groups in total. The van der Waals surface area contributed by atoms with Crippen molar-refractivity contribution < 1.29 is 18.4 Å². The van der Waals surface area contributed by atoms with Gasteiger partial charge in [-0.05, 0) is 49.2 Å². The van der Waals surface area contributed by atoms with Crippen LogP contribution in [0, 0.1) is 17.6 Å². The minimum atomic E-state index is -0.841. The number of nitrogens with one attached hydrogen (secondary N) is 1. The zero-order valence-electron chi connectivity index (χ0n) is 18.8. The molecule has 4 aromatic rings. The third kappa shape index (κ3) is 4.57. The lowest BCUT2D eigenvalue weighted by molar-refractivity contribution is -0.121. The fourth-order valence-corrected chi connectivity index (χ4v) is 4.35. The van der Waals surface area contributed by atoms with E-state index in [0.717, 1.165) is 17.8 Å². The molecule has 3 heterocycles. The number of halogens is 2. The van der Waals surface area contributed by atoms with Gasteiger partial charge in [0.1, 0.15) is 17.2 Å². The molecule has 0 bridgehead atoms. The van der Waals surface area contributed by atoms with Crippen LogP contribution in [0.1, 0.15) is 23.2 Å². The van der Waals surface area contributed by atoms with Gasteiger partial charge in [0.25, 0.3) is 5.91 Å². The first-order valence-electron chi connectivity index (χ1n) is 11.3. The number of hydrogen-bond acceptors (Lipinski definition) is 3. The predicted molar refractivity (Wildman–Crippen MR) is 127 cm³/mol. The summed E-state index contributed by atoms with van der Waals surface area (Å²) in [7, 11) is 0. The largest absolute Gasteiger partial charge is 0.338 e. The van der Waals surface area contributed by atoms with E-state index in [1.165, 1.54) is 6.07 Å². The molecule has 1 saturated heterocycles. The van der Waals surface area contributed by atoms with E-state index >= 15 is 0 Å². The number of piperidine rings is 1. The molecular formula is C26H23F2N5O2. The molecule has 2 amide bonds. The van der Waals surface area contributed by atoms with Crippen LogP contribution in [0.5, 0.6) is 0 Å². The second-order valence-corrected chi connectivity index (χ2v) is 8.42. The number of para-hydroxylation sites is 1. The Kier molecular flexibility index (Phi) is 6.13. The van der Waals surface area contributed by atoms with Crippen molar-refractivity contribution in [3.05, 3.63) is 96.5 Å². The van der Waals surface area contributed by atoms with Crippen LogP contribution in [-0.4, -0.2) is 44.2 Å². The van der Waals surface area contributed by atoms with Gasteiger partial charge in [-0.3, -0.25) is 9.59 Å². The van der Waals surface area contributed by atoms with E-state index in [1.54, 1.807) is 15.8 Å². The maximum absolute atomic E-state index is 14.0. The van der Waals surface area contributed by atoms with Crippen molar-refractivity contribution >= 4 is 17.5 Å². The highest BCUT2D eigenvalue weighted by molar-refractivity contribution is 5.98. The van der Waals surface area contributed by atoms with E-state index in [0.29, 0.717) is 30.8 Å². The number of benzene rings is 2. The smallest absolute Gasteiger partial charge is 0.259 e. The molecule has 35 heavy (non-hydrogen) atoms. The summed E-state index contributed by atoms with van der Waals surface area (Å²) in [5.41, 5.74) is 1.14. The minimum absolute atomic E-state index is 0.0844. The van der Waals surface area contributed by atoms with Gasteiger partial charge in [-0.15, -0.1) is 0 Å². The highest BCUT2D eigenvalue weighted by atomic mass is 19.1. The number of anilines is 1. The zero-order valence-corrected chi connectivity index (χ0v) is 18.8. The van der Waals surface area contributed by atoms with Gasteiger partial charge in [-0.25, -0.2) is 13.5 Å². The summed E-state index contributed by atoms with van der Waals surface area (Å²) in [5, 5.41) is 7.01. The van der Waals surface area contributed by atoms with Crippen LogP contribution < -0.4 is 5.32 Å². The molecule has 1 atom stereocenters. The molecule has 7 nitrogen and oxygen atoms in total. The number of carbonyl (C=O) groups is 2. The number of carbonyl (C=O) groups excluding carboxylic acids is 2. The Bertz CT molecular complexity index is 1350. The Balaban J connectivity index is 1.39. The quantitative estimate of drug-likeness (QED) is 0.464. The van der Waals surface area contributed by atoms with Crippen molar-refractivity contribution in [1.29, 1.82) is 0 Å². The molecule has 2 aromatic heterocycles. The van der Waals surface area contributed by atoms with Gasteiger partial charge in [0, 0.05) is 31.5 Å². The Labute approximate surface area is 200 Å². The molecule has 1 fully saturated rings. The minimum Gasteiger partial charge on any atom is -0.338 e. The Hall–Kier alpha value is -4.27. The highest BCUT2D eigenvalue weighted by Gasteiger charge is 2.32. The van der Waals surface area contributed by atoms with Crippen LogP contribution in [-0.2, 0) is 4.79 Å². The van der Waals surface area contributed by atoms with Gasteiger partial charge in [0.15, 0.2) is 5.82 Å². The summed E-state index contributed by atoms with van der Waals surface area (Å²) >= 11 is 0. The third-order valence-electron chi connectivity index (χ3n) is 6.09. The van der Waals surface area contributed by atoms with E-state index in [9.17, 15) is 18.4 Å². The molecule has 1 aliphatic rings. The lowest BCUT2D eigenvalue weighted by Crippen LogP contribution is -2.44. The summed E-state index contributed by atoms with van der Waals surface area (Å²) in [6.45, 7) is 0.685. The number of likely N-dealkylation sites (tertiary alicyclic amines) is 1. The van der Waals surface area contributed by atoms with Crippen molar-refractivity contribution in [1.82, 2.24) is 19.2 Å². The van der Waals surface area contributed by atoms with Crippen molar-refractivity contribution in [3.8, 4) is 11.5 Å². The number of nitrogens with zero attached hydrogens (tertiary/aromatic N) is 4. The van der Waals surface area contributed by atoms with Gasteiger partial charge in [0.05, 0.1) is 23.5 Å². The molecule has 0 saturated carbocycles. The van der Waals surface area contributed by atoms with E-state index in [-0.39, 0.29) is 18.1 Å². The number of amides is 2.